The fourth-order valence-electron chi connectivity index (χ4n) is 2.40. The maximum Gasteiger partial charge on any atom is 0.269 e. The minimum absolute atomic E-state index is 0.0849. The number of carbonyl (C=O) groups excluding carboxylic acids is 1. The number of nitrogens with zero attached hydrogens (tertiary/aromatic N) is 1. The van der Waals surface area contributed by atoms with Gasteiger partial charge in [0.05, 0.1) is 9.92 Å². The molecule has 0 atom stereocenters. The number of thiocarbonyl (C=S) groups is 1. The highest BCUT2D eigenvalue weighted by Gasteiger charge is 2.19. The molecule has 0 aliphatic rings. The maximum atomic E-state index is 12.5. The molecular weight excluding hydrogens is 438 g/mol. The maximum absolute atomic E-state index is 12.5. The molecule has 0 unspecified atom stereocenters. The topological polar surface area (TPSA) is 78.5 Å². The van der Waals surface area contributed by atoms with Crippen molar-refractivity contribution < 1.29 is 13.2 Å². The Kier molecular flexibility index (Phi) is 6.01. The van der Waals surface area contributed by atoms with E-state index in [1.165, 1.54) is 37.6 Å². The summed E-state index contributed by atoms with van der Waals surface area (Å²) in [7, 11) is -0.578. The molecule has 1 amide bonds. The van der Waals surface area contributed by atoms with Crippen LogP contribution in [0.3, 0.4) is 0 Å². The van der Waals surface area contributed by atoms with Crippen LogP contribution in [0.5, 0.6) is 0 Å². The standard InChI is InChI=1S/C18H16ClN3O3S3/c1-22(2)28(24,25)12-9-7-11(8-10-12)20-18(26)21-17(23)16-15(19)13-5-3-4-6-14(13)27-16/h3-10H,1-2H3,(H2,20,21,23,26). The Bertz CT molecular complexity index is 1160. The van der Waals surface area contributed by atoms with E-state index in [1.54, 1.807) is 12.1 Å². The van der Waals surface area contributed by atoms with E-state index in [-0.39, 0.29) is 10.0 Å². The zero-order valence-electron chi connectivity index (χ0n) is 14.9. The van der Waals surface area contributed by atoms with Crippen LogP contribution in [0.25, 0.3) is 10.1 Å². The molecule has 10 heteroatoms. The number of hydrogen-bond donors (Lipinski definition) is 2. The van der Waals surface area contributed by atoms with Crippen molar-refractivity contribution in [3.05, 3.63) is 58.4 Å². The lowest BCUT2D eigenvalue weighted by molar-refractivity contribution is 0.0982. The average Bonchev–Trinajstić information content (AvgIpc) is 2.99. The number of nitrogens with one attached hydrogen (secondary N) is 2. The Balaban J connectivity index is 1.70. The number of hydrogen-bond acceptors (Lipinski definition) is 5. The molecule has 1 heterocycles. The SMILES string of the molecule is CN(C)S(=O)(=O)c1ccc(NC(=S)NC(=O)c2sc3ccccc3c2Cl)cc1. The van der Waals surface area contributed by atoms with E-state index in [4.69, 9.17) is 23.8 Å². The monoisotopic (exact) mass is 453 g/mol. The van der Waals surface area contributed by atoms with Crippen LogP contribution in [0.15, 0.2) is 53.4 Å². The van der Waals surface area contributed by atoms with Gasteiger partial charge in [-0.15, -0.1) is 11.3 Å². The van der Waals surface area contributed by atoms with E-state index in [0.717, 1.165) is 14.4 Å². The summed E-state index contributed by atoms with van der Waals surface area (Å²) in [5.41, 5.74) is 0.547. The van der Waals surface area contributed by atoms with Gasteiger partial charge in [-0.05, 0) is 42.5 Å². The molecule has 6 nitrogen and oxygen atoms in total. The molecule has 3 rings (SSSR count). The molecule has 0 saturated carbocycles. The number of rotatable bonds is 4. The first-order valence-electron chi connectivity index (χ1n) is 8.02. The van der Waals surface area contributed by atoms with E-state index in [0.29, 0.717) is 15.6 Å². The summed E-state index contributed by atoms with van der Waals surface area (Å²) in [4.78, 5) is 13.0. The quantitative estimate of drug-likeness (QED) is 0.585. The van der Waals surface area contributed by atoms with Gasteiger partial charge in [-0.1, -0.05) is 29.8 Å². The number of anilines is 1. The van der Waals surface area contributed by atoms with Gasteiger partial charge < -0.3 is 5.32 Å². The highest BCUT2D eigenvalue weighted by Crippen LogP contribution is 2.34. The van der Waals surface area contributed by atoms with Crippen molar-refractivity contribution in [2.24, 2.45) is 0 Å². The number of halogens is 1. The smallest absolute Gasteiger partial charge is 0.269 e. The lowest BCUT2D eigenvalue weighted by Crippen LogP contribution is -2.33. The van der Waals surface area contributed by atoms with Gasteiger partial charge >= 0.3 is 0 Å². The van der Waals surface area contributed by atoms with E-state index >= 15 is 0 Å². The van der Waals surface area contributed by atoms with Gasteiger partial charge in [0.25, 0.3) is 5.91 Å². The number of sulfonamides is 1. The molecule has 0 fully saturated rings. The Morgan fingerprint density at radius 3 is 2.36 bits per heavy atom. The molecule has 146 valence electrons. The molecule has 3 aromatic rings. The van der Waals surface area contributed by atoms with Gasteiger partial charge in [0.15, 0.2) is 5.11 Å². The summed E-state index contributed by atoms with van der Waals surface area (Å²) in [6, 6.07) is 13.5. The minimum atomic E-state index is -3.51. The largest absolute Gasteiger partial charge is 0.332 e. The second kappa shape index (κ2) is 8.14. The van der Waals surface area contributed by atoms with Crippen LogP contribution >= 0.6 is 35.2 Å². The Labute approximate surface area is 177 Å². The second-order valence-electron chi connectivity index (χ2n) is 5.96. The number of benzene rings is 2. The van der Waals surface area contributed by atoms with Crippen molar-refractivity contribution in [2.75, 3.05) is 19.4 Å². The lowest BCUT2D eigenvalue weighted by Gasteiger charge is -2.13. The highest BCUT2D eigenvalue weighted by atomic mass is 35.5. The fourth-order valence-corrected chi connectivity index (χ4v) is 4.93. The Morgan fingerprint density at radius 2 is 1.75 bits per heavy atom. The van der Waals surface area contributed by atoms with E-state index < -0.39 is 15.9 Å². The third-order valence-electron chi connectivity index (χ3n) is 3.86. The molecule has 0 spiro atoms. The van der Waals surface area contributed by atoms with Crippen molar-refractivity contribution in [3.63, 3.8) is 0 Å². The van der Waals surface area contributed by atoms with Crippen LogP contribution < -0.4 is 10.6 Å². The zero-order valence-corrected chi connectivity index (χ0v) is 18.1. The number of amides is 1. The normalized spacial score (nSPS) is 11.6. The molecule has 1 aromatic heterocycles. The average molecular weight is 454 g/mol. The molecule has 2 N–H and O–H groups in total. The fraction of sp³-hybridized carbons (Fsp3) is 0.111. The molecule has 2 aromatic carbocycles. The molecule has 0 aliphatic carbocycles. The minimum Gasteiger partial charge on any atom is -0.332 e. The van der Waals surface area contributed by atoms with E-state index in [9.17, 15) is 13.2 Å². The lowest BCUT2D eigenvalue weighted by atomic mass is 10.2. The Morgan fingerprint density at radius 1 is 1.11 bits per heavy atom. The molecule has 0 radical (unpaired) electrons. The summed E-state index contributed by atoms with van der Waals surface area (Å²) in [6.07, 6.45) is 0. The van der Waals surface area contributed by atoms with Crippen LogP contribution in [0, 0.1) is 0 Å². The number of carbonyl (C=O) groups is 1. The van der Waals surface area contributed by atoms with Gasteiger partial charge in [-0.25, -0.2) is 12.7 Å². The zero-order chi connectivity index (χ0) is 20.5. The van der Waals surface area contributed by atoms with Crippen LogP contribution in [0.2, 0.25) is 5.02 Å². The summed E-state index contributed by atoms with van der Waals surface area (Å²) in [5, 5.41) is 6.74. The second-order valence-corrected chi connectivity index (χ2v) is 9.95. The molecule has 0 bridgehead atoms. The van der Waals surface area contributed by atoms with Gasteiger partial charge in [-0.3, -0.25) is 10.1 Å². The van der Waals surface area contributed by atoms with Crippen molar-refractivity contribution in [2.45, 2.75) is 4.90 Å². The summed E-state index contributed by atoms with van der Waals surface area (Å²) >= 11 is 12.8. The first-order chi connectivity index (χ1) is 13.2. The van der Waals surface area contributed by atoms with Crippen LogP contribution in [-0.4, -0.2) is 37.8 Å². The third-order valence-corrected chi connectivity index (χ3v) is 7.57. The predicted octanol–water partition coefficient (Wildman–Crippen LogP) is 3.93. The first-order valence-corrected chi connectivity index (χ1v) is 11.1. The molecule has 28 heavy (non-hydrogen) atoms. The third kappa shape index (κ3) is 4.18. The summed E-state index contributed by atoms with van der Waals surface area (Å²) in [6.45, 7) is 0. The summed E-state index contributed by atoms with van der Waals surface area (Å²) < 4.78 is 26.2. The van der Waals surface area contributed by atoms with Crippen LogP contribution in [0.4, 0.5) is 5.69 Å². The summed E-state index contributed by atoms with van der Waals surface area (Å²) in [5.74, 6) is -0.407. The van der Waals surface area contributed by atoms with Crippen LogP contribution in [-0.2, 0) is 10.0 Å². The molecular formula is C18H16ClN3O3S3. The van der Waals surface area contributed by atoms with Crippen molar-refractivity contribution in [1.29, 1.82) is 0 Å². The van der Waals surface area contributed by atoms with Gasteiger partial charge in [0.1, 0.15) is 4.88 Å². The molecule has 0 saturated heterocycles. The van der Waals surface area contributed by atoms with Crippen molar-refractivity contribution >= 4 is 72.0 Å². The highest BCUT2D eigenvalue weighted by molar-refractivity contribution is 7.89. The van der Waals surface area contributed by atoms with Gasteiger partial charge in [0.2, 0.25) is 10.0 Å². The molecule has 0 aliphatic heterocycles. The van der Waals surface area contributed by atoms with Gasteiger partial charge in [0, 0.05) is 29.9 Å². The van der Waals surface area contributed by atoms with Crippen molar-refractivity contribution in [3.8, 4) is 0 Å². The van der Waals surface area contributed by atoms with Gasteiger partial charge in [-0.2, -0.15) is 0 Å². The van der Waals surface area contributed by atoms with E-state index in [2.05, 4.69) is 10.6 Å². The first kappa shape index (κ1) is 20.7. The predicted molar refractivity (Wildman–Crippen MR) is 118 cm³/mol. The van der Waals surface area contributed by atoms with E-state index in [1.807, 2.05) is 24.3 Å². The number of thiophene rings is 1. The number of fused-ring (bicyclic) bond motifs is 1. The Hall–Kier alpha value is -2.04. The van der Waals surface area contributed by atoms with Crippen molar-refractivity contribution in [1.82, 2.24) is 9.62 Å². The van der Waals surface area contributed by atoms with Crippen LogP contribution in [0.1, 0.15) is 9.67 Å².